The van der Waals surface area contributed by atoms with Gasteiger partial charge in [-0.15, -0.1) is 0 Å². The second kappa shape index (κ2) is 6.21. The zero-order chi connectivity index (χ0) is 12.0. The Morgan fingerprint density at radius 2 is 2.12 bits per heavy atom. The van der Waals surface area contributed by atoms with E-state index in [9.17, 15) is 9.90 Å². The molecule has 16 heavy (non-hydrogen) atoms. The normalized spacial score (nSPS) is 20.7. The van der Waals surface area contributed by atoms with E-state index in [0.717, 1.165) is 32.1 Å². The quantitative estimate of drug-likeness (QED) is 0.720. The Balaban J connectivity index is 2.34. The van der Waals surface area contributed by atoms with Crippen molar-refractivity contribution in [2.75, 3.05) is 13.7 Å². The molecular formula is C12H23NO3. The molecule has 0 aromatic carbocycles. The van der Waals surface area contributed by atoms with Gasteiger partial charge in [-0.05, 0) is 19.3 Å². The predicted molar refractivity (Wildman–Crippen MR) is 62.1 cm³/mol. The number of hydrogen-bond acceptors (Lipinski definition) is 3. The SMILES string of the molecule is CCC(COC)NC(=O)CC1(O)CCCC1. The Kier molecular flexibility index (Phi) is 5.22. The fourth-order valence-electron chi connectivity index (χ4n) is 2.25. The van der Waals surface area contributed by atoms with Crippen LogP contribution in [0.2, 0.25) is 0 Å². The van der Waals surface area contributed by atoms with E-state index in [2.05, 4.69) is 5.32 Å². The van der Waals surface area contributed by atoms with E-state index >= 15 is 0 Å². The third kappa shape index (κ3) is 4.10. The lowest BCUT2D eigenvalue weighted by molar-refractivity contribution is -0.127. The lowest BCUT2D eigenvalue weighted by Gasteiger charge is -2.23. The van der Waals surface area contributed by atoms with Crippen LogP contribution in [0.4, 0.5) is 0 Å². The lowest BCUT2D eigenvalue weighted by Crippen LogP contribution is -2.41. The first kappa shape index (κ1) is 13.5. The van der Waals surface area contributed by atoms with Crippen molar-refractivity contribution in [1.29, 1.82) is 0 Å². The van der Waals surface area contributed by atoms with Crippen LogP contribution in [0.3, 0.4) is 0 Å². The fraction of sp³-hybridized carbons (Fsp3) is 0.917. The first-order valence-corrected chi connectivity index (χ1v) is 6.10. The first-order valence-electron chi connectivity index (χ1n) is 6.10. The number of carbonyl (C=O) groups is 1. The molecule has 0 aliphatic heterocycles. The molecule has 0 saturated heterocycles. The molecule has 4 heteroatoms. The van der Waals surface area contributed by atoms with Crippen molar-refractivity contribution in [3.63, 3.8) is 0 Å². The third-order valence-corrected chi connectivity index (χ3v) is 3.25. The highest BCUT2D eigenvalue weighted by atomic mass is 16.5. The maximum Gasteiger partial charge on any atom is 0.223 e. The van der Waals surface area contributed by atoms with Crippen molar-refractivity contribution in [2.45, 2.75) is 57.1 Å². The lowest BCUT2D eigenvalue weighted by atomic mass is 9.97. The summed E-state index contributed by atoms with van der Waals surface area (Å²) >= 11 is 0. The molecule has 0 radical (unpaired) electrons. The second-order valence-electron chi connectivity index (χ2n) is 4.74. The molecule has 0 bridgehead atoms. The van der Waals surface area contributed by atoms with E-state index in [1.165, 1.54) is 0 Å². The molecule has 4 nitrogen and oxygen atoms in total. The summed E-state index contributed by atoms with van der Waals surface area (Å²) in [6.45, 7) is 2.54. The van der Waals surface area contributed by atoms with E-state index in [1.54, 1.807) is 7.11 Å². The van der Waals surface area contributed by atoms with Crippen LogP contribution < -0.4 is 5.32 Å². The molecule has 1 aliphatic carbocycles. The number of carbonyl (C=O) groups excluding carboxylic acids is 1. The summed E-state index contributed by atoms with van der Waals surface area (Å²) in [5.41, 5.74) is -0.755. The van der Waals surface area contributed by atoms with Gasteiger partial charge in [-0.2, -0.15) is 0 Å². The summed E-state index contributed by atoms with van der Waals surface area (Å²) in [5, 5.41) is 13.0. The van der Waals surface area contributed by atoms with Gasteiger partial charge in [0, 0.05) is 7.11 Å². The molecule has 1 unspecified atom stereocenters. The van der Waals surface area contributed by atoms with Crippen LogP contribution in [-0.2, 0) is 9.53 Å². The molecule has 1 atom stereocenters. The fourth-order valence-corrected chi connectivity index (χ4v) is 2.25. The zero-order valence-electron chi connectivity index (χ0n) is 10.3. The highest BCUT2D eigenvalue weighted by Crippen LogP contribution is 2.32. The Bertz CT molecular complexity index is 224. The summed E-state index contributed by atoms with van der Waals surface area (Å²) in [7, 11) is 1.62. The third-order valence-electron chi connectivity index (χ3n) is 3.25. The van der Waals surface area contributed by atoms with Gasteiger partial charge < -0.3 is 15.2 Å². The minimum absolute atomic E-state index is 0.0579. The van der Waals surface area contributed by atoms with E-state index in [4.69, 9.17) is 4.74 Å². The Morgan fingerprint density at radius 3 is 2.62 bits per heavy atom. The number of nitrogens with one attached hydrogen (secondary N) is 1. The number of aliphatic hydroxyl groups is 1. The summed E-state index contributed by atoms with van der Waals surface area (Å²) in [4.78, 5) is 11.7. The van der Waals surface area contributed by atoms with Crippen LogP contribution in [0.15, 0.2) is 0 Å². The summed E-state index contributed by atoms with van der Waals surface area (Å²) in [5.74, 6) is -0.0618. The summed E-state index contributed by atoms with van der Waals surface area (Å²) in [6.07, 6.45) is 4.63. The number of ether oxygens (including phenoxy) is 1. The van der Waals surface area contributed by atoms with Gasteiger partial charge in [0.1, 0.15) is 0 Å². The molecule has 1 amide bonds. The van der Waals surface area contributed by atoms with Gasteiger partial charge >= 0.3 is 0 Å². The first-order chi connectivity index (χ1) is 7.59. The van der Waals surface area contributed by atoms with Crippen molar-refractivity contribution >= 4 is 5.91 Å². The molecule has 0 aromatic heterocycles. The maximum absolute atomic E-state index is 11.7. The number of amides is 1. The van der Waals surface area contributed by atoms with Crippen molar-refractivity contribution in [1.82, 2.24) is 5.32 Å². The average Bonchev–Trinajstić information content (AvgIpc) is 2.63. The average molecular weight is 229 g/mol. The monoisotopic (exact) mass is 229 g/mol. The van der Waals surface area contributed by atoms with E-state index in [-0.39, 0.29) is 18.4 Å². The smallest absolute Gasteiger partial charge is 0.223 e. The number of hydrogen-bond donors (Lipinski definition) is 2. The van der Waals surface area contributed by atoms with E-state index in [0.29, 0.717) is 6.61 Å². The van der Waals surface area contributed by atoms with E-state index < -0.39 is 5.60 Å². The van der Waals surface area contributed by atoms with E-state index in [1.807, 2.05) is 6.92 Å². The number of methoxy groups -OCH3 is 1. The highest BCUT2D eigenvalue weighted by Gasteiger charge is 2.33. The van der Waals surface area contributed by atoms with Gasteiger partial charge in [0.05, 0.1) is 24.7 Å². The van der Waals surface area contributed by atoms with Crippen LogP contribution in [0.1, 0.15) is 45.4 Å². The van der Waals surface area contributed by atoms with Crippen molar-refractivity contribution < 1.29 is 14.6 Å². The minimum Gasteiger partial charge on any atom is -0.389 e. The van der Waals surface area contributed by atoms with Gasteiger partial charge in [0.2, 0.25) is 5.91 Å². The Hall–Kier alpha value is -0.610. The van der Waals surface area contributed by atoms with Gasteiger partial charge in [-0.25, -0.2) is 0 Å². The number of rotatable bonds is 6. The van der Waals surface area contributed by atoms with Gasteiger partial charge in [-0.3, -0.25) is 4.79 Å². The molecule has 0 aromatic rings. The van der Waals surface area contributed by atoms with Gasteiger partial charge in [0.15, 0.2) is 0 Å². The molecule has 1 rings (SSSR count). The zero-order valence-corrected chi connectivity index (χ0v) is 10.3. The standard InChI is InChI=1S/C12H23NO3/c1-3-10(9-16-2)13-11(14)8-12(15)6-4-5-7-12/h10,15H,3-9H2,1-2H3,(H,13,14). The van der Waals surface area contributed by atoms with Crippen molar-refractivity contribution in [2.24, 2.45) is 0 Å². The molecule has 1 fully saturated rings. The Morgan fingerprint density at radius 1 is 1.50 bits per heavy atom. The van der Waals surface area contributed by atoms with Gasteiger partial charge in [-0.1, -0.05) is 19.8 Å². The predicted octanol–water partition coefficient (Wildman–Crippen LogP) is 1.22. The van der Waals surface area contributed by atoms with Crippen molar-refractivity contribution in [3.05, 3.63) is 0 Å². The molecule has 1 saturated carbocycles. The molecule has 2 N–H and O–H groups in total. The van der Waals surface area contributed by atoms with Crippen LogP contribution in [0.5, 0.6) is 0 Å². The molecule has 0 spiro atoms. The van der Waals surface area contributed by atoms with Crippen LogP contribution in [-0.4, -0.2) is 36.4 Å². The molecule has 94 valence electrons. The summed E-state index contributed by atoms with van der Waals surface area (Å²) < 4.78 is 5.01. The van der Waals surface area contributed by atoms with Crippen LogP contribution in [0, 0.1) is 0 Å². The highest BCUT2D eigenvalue weighted by molar-refractivity contribution is 5.77. The molecule has 0 heterocycles. The van der Waals surface area contributed by atoms with Crippen LogP contribution >= 0.6 is 0 Å². The topological polar surface area (TPSA) is 58.6 Å². The summed E-state index contributed by atoms with van der Waals surface area (Å²) in [6, 6.07) is 0.0579. The van der Waals surface area contributed by atoms with Crippen LogP contribution in [0.25, 0.3) is 0 Å². The maximum atomic E-state index is 11.7. The second-order valence-corrected chi connectivity index (χ2v) is 4.74. The Labute approximate surface area is 97.4 Å². The largest absolute Gasteiger partial charge is 0.389 e. The molecule has 1 aliphatic rings. The molecular weight excluding hydrogens is 206 g/mol. The van der Waals surface area contributed by atoms with Gasteiger partial charge in [0.25, 0.3) is 0 Å². The van der Waals surface area contributed by atoms with Crippen molar-refractivity contribution in [3.8, 4) is 0 Å². The minimum atomic E-state index is -0.755.